The van der Waals surface area contributed by atoms with Crippen molar-refractivity contribution in [2.24, 2.45) is 4.99 Å². The standard InChI is InChI=1S/C26H26N2O2/c1-4-7-8-18-9-11-19(12-10-18)20-13-15-21(16-14-20)28-23-17-24(29)25(27-6-3)22(5-2)26(23)30/h5-6,9-17,28H,2,4,7-8H2,1,3H3. The molecular formula is C26H26N2O2. The second-order valence-corrected chi connectivity index (χ2v) is 7.11. The van der Waals surface area contributed by atoms with Gasteiger partial charge in [-0.25, -0.2) is 0 Å². The first-order valence-electron chi connectivity index (χ1n) is 10.2. The molecule has 0 radical (unpaired) electrons. The van der Waals surface area contributed by atoms with E-state index in [0.29, 0.717) is 0 Å². The lowest BCUT2D eigenvalue weighted by Crippen LogP contribution is -2.22. The van der Waals surface area contributed by atoms with E-state index < -0.39 is 0 Å². The van der Waals surface area contributed by atoms with Gasteiger partial charge in [0.15, 0.2) is 0 Å². The maximum Gasteiger partial charge on any atom is 0.211 e. The van der Waals surface area contributed by atoms with Gasteiger partial charge in [-0.15, -0.1) is 0 Å². The van der Waals surface area contributed by atoms with Gasteiger partial charge in [0.2, 0.25) is 11.6 Å². The number of allylic oxidation sites excluding steroid dienone is 3. The second kappa shape index (κ2) is 9.79. The van der Waals surface area contributed by atoms with Crippen molar-refractivity contribution in [2.75, 3.05) is 5.32 Å². The van der Waals surface area contributed by atoms with Crippen molar-refractivity contribution in [3.8, 4) is 11.1 Å². The van der Waals surface area contributed by atoms with Crippen molar-refractivity contribution in [3.05, 3.63) is 89.8 Å². The molecule has 30 heavy (non-hydrogen) atoms. The summed E-state index contributed by atoms with van der Waals surface area (Å²) in [4.78, 5) is 29.1. The Hall–Kier alpha value is -3.53. The number of carbonyl (C=O) groups is 2. The number of unbranched alkanes of at least 4 members (excludes halogenated alkanes) is 1. The third-order valence-corrected chi connectivity index (χ3v) is 4.99. The van der Waals surface area contributed by atoms with Crippen LogP contribution in [0.4, 0.5) is 5.69 Å². The number of nitrogens with one attached hydrogen (secondary N) is 1. The van der Waals surface area contributed by atoms with Crippen molar-refractivity contribution < 1.29 is 9.59 Å². The number of rotatable bonds is 8. The summed E-state index contributed by atoms with van der Waals surface area (Å²) in [6, 6.07) is 16.4. The number of Topliss-reactive ketones (excluding diaryl/α,β-unsaturated/α-hetero) is 1. The van der Waals surface area contributed by atoms with E-state index in [-0.39, 0.29) is 28.5 Å². The molecule has 1 aliphatic rings. The highest BCUT2D eigenvalue weighted by molar-refractivity contribution is 6.25. The van der Waals surface area contributed by atoms with Crippen LogP contribution in [0.1, 0.15) is 32.3 Å². The number of aryl methyl sites for hydroxylation is 1. The van der Waals surface area contributed by atoms with Gasteiger partial charge in [-0.3, -0.25) is 14.6 Å². The Morgan fingerprint density at radius 3 is 2.20 bits per heavy atom. The van der Waals surface area contributed by atoms with Gasteiger partial charge in [0.05, 0.1) is 11.3 Å². The molecule has 152 valence electrons. The first-order chi connectivity index (χ1) is 14.6. The van der Waals surface area contributed by atoms with Crippen molar-refractivity contribution >= 4 is 23.5 Å². The SMILES string of the molecule is C=CC1=C(N=CC)C(=O)C=C(Nc2ccc(-c3ccc(CCCC)cc3)cc2)C1=O. The monoisotopic (exact) mass is 398 g/mol. The van der Waals surface area contributed by atoms with Crippen LogP contribution in [-0.2, 0) is 16.0 Å². The minimum absolute atomic E-state index is 0.126. The average Bonchev–Trinajstić information content (AvgIpc) is 2.77. The first-order valence-corrected chi connectivity index (χ1v) is 10.2. The van der Waals surface area contributed by atoms with Crippen molar-refractivity contribution in [2.45, 2.75) is 33.1 Å². The molecule has 2 aromatic rings. The van der Waals surface area contributed by atoms with Crippen molar-refractivity contribution in [1.29, 1.82) is 0 Å². The van der Waals surface area contributed by atoms with E-state index in [1.807, 2.05) is 24.3 Å². The summed E-state index contributed by atoms with van der Waals surface area (Å²) in [5, 5.41) is 3.06. The number of hydrogen-bond donors (Lipinski definition) is 1. The van der Waals surface area contributed by atoms with E-state index in [1.54, 1.807) is 6.92 Å². The molecule has 0 heterocycles. The zero-order valence-corrected chi connectivity index (χ0v) is 17.4. The van der Waals surface area contributed by atoms with Gasteiger partial charge in [0.25, 0.3) is 0 Å². The topological polar surface area (TPSA) is 58.5 Å². The van der Waals surface area contributed by atoms with E-state index in [2.05, 4.69) is 48.1 Å². The van der Waals surface area contributed by atoms with Gasteiger partial charge in [0, 0.05) is 18.0 Å². The molecule has 0 aliphatic heterocycles. The Bertz CT molecular complexity index is 1040. The molecule has 4 heteroatoms. The second-order valence-electron chi connectivity index (χ2n) is 7.11. The minimum atomic E-state index is -0.315. The van der Waals surface area contributed by atoms with Crippen molar-refractivity contribution in [1.82, 2.24) is 0 Å². The highest BCUT2D eigenvalue weighted by atomic mass is 16.1. The zero-order valence-electron chi connectivity index (χ0n) is 17.4. The van der Waals surface area contributed by atoms with Gasteiger partial charge in [-0.2, -0.15) is 0 Å². The average molecular weight is 399 g/mol. The number of anilines is 1. The van der Waals surface area contributed by atoms with Crippen LogP contribution in [0.3, 0.4) is 0 Å². The van der Waals surface area contributed by atoms with Gasteiger partial charge >= 0.3 is 0 Å². The summed E-state index contributed by atoms with van der Waals surface area (Å²) in [7, 11) is 0. The van der Waals surface area contributed by atoms with Crippen LogP contribution in [0.2, 0.25) is 0 Å². The highest BCUT2D eigenvalue weighted by Crippen LogP contribution is 2.25. The lowest BCUT2D eigenvalue weighted by atomic mass is 9.97. The van der Waals surface area contributed by atoms with Crippen LogP contribution < -0.4 is 5.32 Å². The third kappa shape index (κ3) is 4.71. The molecule has 0 fully saturated rings. The summed E-state index contributed by atoms with van der Waals surface area (Å²) < 4.78 is 0. The molecule has 0 spiro atoms. The first kappa shape index (κ1) is 21.2. The van der Waals surface area contributed by atoms with E-state index in [9.17, 15) is 9.59 Å². The molecule has 1 aliphatic carbocycles. The molecule has 0 amide bonds. The van der Waals surface area contributed by atoms with Gasteiger partial charge in [0.1, 0.15) is 5.70 Å². The molecule has 0 unspecified atom stereocenters. The van der Waals surface area contributed by atoms with E-state index in [1.165, 1.54) is 36.8 Å². The lowest BCUT2D eigenvalue weighted by molar-refractivity contribution is -0.115. The Balaban J connectivity index is 1.75. The molecule has 1 N–H and O–H groups in total. The molecule has 0 atom stereocenters. The van der Waals surface area contributed by atoms with E-state index in [4.69, 9.17) is 0 Å². The minimum Gasteiger partial charge on any atom is -0.352 e. The number of aliphatic imine (C=N–C) groups is 1. The number of nitrogens with zero attached hydrogens (tertiary/aromatic N) is 1. The number of carbonyl (C=O) groups excluding carboxylic acids is 2. The lowest BCUT2D eigenvalue weighted by Gasteiger charge is -2.16. The molecule has 0 bridgehead atoms. The van der Waals surface area contributed by atoms with Crippen LogP contribution in [0.5, 0.6) is 0 Å². The quantitative estimate of drug-likeness (QED) is 0.460. The fraction of sp³-hybridized carbons (Fsp3) is 0.192. The Kier molecular flexibility index (Phi) is 6.91. The third-order valence-electron chi connectivity index (χ3n) is 4.99. The zero-order chi connectivity index (χ0) is 21.5. The van der Waals surface area contributed by atoms with E-state index >= 15 is 0 Å². The molecule has 0 saturated heterocycles. The molecule has 2 aromatic carbocycles. The summed E-state index contributed by atoms with van der Waals surface area (Å²) in [6.07, 6.45) is 7.66. The summed E-state index contributed by atoms with van der Waals surface area (Å²) >= 11 is 0. The van der Waals surface area contributed by atoms with Crippen LogP contribution in [-0.4, -0.2) is 17.8 Å². The Morgan fingerprint density at radius 2 is 1.63 bits per heavy atom. The maximum absolute atomic E-state index is 12.7. The Morgan fingerprint density at radius 1 is 1.00 bits per heavy atom. The highest BCUT2D eigenvalue weighted by Gasteiger charge is 2.26. The molecule has 0 saturated carbocycles. The summed E-state index contributed by atoms with van der Waals surface area (Å²) in [6.45, 7) is 7.55. The fourth-order valence-electron chi connectivity index (χ4n) is 3.34. The summed E-state index contributed by atoms with van der Waals surface area (Å²) in [5.41, 5.74) is 4.88. The van der Waals surface area contributed by atoms with Crippen LogP contribution in [0.25, 0.3) is 11.1 Å². The largest absolute Gasteiger partial charge is 0.352 e. The van der Waals surface area contributed by atoms with Gasteiger partial charge in [-0.05, 0) is 48.6 Å². The Labute approximate surface area is 177 Å². The normalized spacial score (nSPS) is 14.3. The molecular weight excluding hydrogens is 372 g/mol. The predicted octanol–water partition coefficient (Wildman–Crippen LogP) is 5.67. The smallest absolute Gasteiger partial charge is 0.211 e. The molecule has 3 rings (SSSR count). The number of hydrogen-bond acceptors (Lipinski definition) is 4. The fourth-order valence-corrected chi connectivity index (χ4v) is 3.34. The van der Waals surface area contributed by atoms with E-state index in [0.717, 1.165) is 23.2 Å². The number of ketones is 2. The molecule has 4 nitrogen and oxygen atoms in total. The van der Waals surface area contributed by atoms with Crippen molar-refractivity contribution in [3.63, 3.8) is 0 Å². The summed E-state index contributed by atoms with van der Waals surface area (Å²) in [5.74, 6) is -0.609. The molecule has 0 aromatic heterocycles. The van der Waals surface area contributed by atoms with Crippen LogP contribution in [0, 0.1) is 0 Å². The predicted molar refractivity (Wildman–Crippen MR) is 124 cm³/mol. The van der Waals surface area contributed by atoms with Crippen LogP contribution >= 0.6 is 0 Å². The van der Waals surface area contributed by atoms with Crippen LogP contribution in [0.15, 0.2) is 89.2 Å². The maximum atomic E-state index is 12.7. The van der Waals surface area contributed by atoms with Gasteiger partial charge in [-0.1, -0.05) is 62.4 Å². The number of benzene rings is 2. The van der Waals surface area contributed by atoms with Gasteiger partial charge < -0.3 is 5.32 Å².